The van der Waals surface area contributed by atoms with E-state index in [0.29, 0.717) is 25.1 Å². The number of rotatable bonds is 3. The molecule has 0 radical (unpaired) electrons. The second-order valence-corrected chi connectivity index (χ2v) is 7.03. The summed E-state index contributed by atoms with van der Waals surface area (Å²) in [5.74, 6) is -0.429. The van der Waals surface area contributed by atoms with Gasteiger partial charge in [-0.2, -0.15) is 4.31 Å². The van der Waals surface area contributed by atoms with E-state index in [2.05, 4.69) is 0 Å². The lowest BCUT2D eigenvalue weighted by atomic mass is 10.1. The van der Waals surface area contributed by atoms with E-state index in [1.807, 2.05) is 13.0 Å². The zero-order chi connectivity index (χ0) is 14.9. The molecule has 0 aromatic heterocycles. The Morgan fingerprint density at radius 1 is 1.35 bits per heavy atom. The molecule has 20 heavy (non-hydrogen) atoms. The fourth-order valence-electron chi connectivity index (χ4n) is 2.34. The van der Waals surface area contributed by atoms with Gasteiger partial charge in [-0.3, -0.25) is 0 Å². The quantitative estimate of drug-likeness (QED) is 0.867. The molecule has 2 rings (SSSR count). The maximum Gasteiger partial charge on any atom is 0.243 e. The van der Waals surface area contributed by atoms with E-state index < -0.39 is 15.8 Å². The van der Waals surface area contributed by atoms with Crippen LogP contribution in [0.5, 0.6) is 0 Å². The van der Waals surface area contributed by atoms with Gasteiger partial charge in [0.25, 0.3) is 0 Å². The smallest absolute Gasteiger partial charge is 0.243 e. The summed E-state index contributed by atoms with van der Waals surface area (Å²) in [5.41, 5.74) is 7.03. The zero-order valence-corrected chi connectivity index (χ0v) is 12.5. The van der Waals surface area contributed by atoms with Gasteiger partial charge in [-0.05, 0) is 38.0 Å². The van der Waals surface area contributed by atoms with Crippen LogP contribution in [0.4, 0.5) is 4.39 Å². The fraction of sp³-hybridized carbons (Fsp3) is 0.429. The molecule has 0 bridgehead atoms. The van der Waals surface area contributed by atoms with E-state index in [4.69, 9.17) is 5.73 Å². The first kappa shape index (κ1) is 15.2. The van der Waals surface area contributed by atoms with Crippen LogP contribution in [0.15, 0.2) is 28.7 Å². The van der Waals surface area contributed by atoms with Crippen LogP contribution in [0.2, 0.25) is 0 Å². The van der Waals surface area contributed by atoms with Gasteiger partial charge in [-0.15, -0.1) is 0 Å². The normalized spacial score (nSPS) is 17.1. The molecule has 0 spiro atoms. The number of benzene rings is 1. The predicted octanol–water partition coefficient (Wildman–Crippen LogP) is 1.93. The Morgan fingerprint density at radius 3 is 2.65 bits per heavy atom. The highest BCUT2D eigenvalue weighted by Gasteiger charge is 2.27. The Hall–Kier alpha value is -1.24. The third-order valence-electron chi connectivity index (χ3n) is 3.46. The van der Waals surface area contributed by atoms with Crippen molar-refractivity contribution in [3.8, 4) is 0 Å². The van der Waals surface area contributed by atoms with Gasteiger partial charge < -0.3 is 5.73 Å². The molecule has 0 atom stereocenters. The first-order valence-corrected chi connectivity index (χ1v) is 7.95. The maximum atomic E-state index is 13.8. The molecule has 1 aromatic rings. The second-order valence-electron chi connectivity index (χ2n) is 5.10. The molecular weight excluding hydrogens is 279 g/mol. The molecule has 0 saturated carbocycles. The number of nitrogens with zero attached hydrogens (tertiary/aromatic N) is 1. The minimum absolute atomic E-state index is 0.0189. The first-order valence-electron chi connectivity index (χ1n) is 6.51. The van der Waals surface area contributed by atoms with Crippen molar-refractivity contribution >= 4 is 10.0 Å². The number of hydrogen-bond acceptors (Lipinski definition) is 3. The number of hydrogen-bond donors (Lipinski definition) is 1. The fourth-order valence-corrected chi connectivity index (χ4v) is 3.97. The van der Waals surface area contributed by atoms with Gasteiger partial charge >= 0.3 is 0 Å². The van der Waals surface area contributed by atoms with E-state index >= 15 is 0 Å². The molecule has 0 unspecified atom stereocenters. The average Bonchev–Trinajstić information content (AvgIpc) is 2.41. The Kier molecular flexibility index (Phi) is 4.27. The van der Waals surface area contributed by atoms with Gasteiger partial charge in [-0.25, -0.2) is 12.8 Å². The summed E-state index contributed by atoms with van der Waals surface area (Å²) in [7, 11) is -3.60. The van der Waals surface area contributed by atoms with Gasteiger partial charge in [0, 0.05) is 25.2 Å². The summed E-state index contributed by atoms with van der Waals surface area (Å²) in [6, 6.07) is 2.71. The Balaban J connectivity index is 2.44. The van der Waals surface area contributed by atoms with Crippen molar-refractivity contribution in [3.05, 3.63) is 40.7 Å². The second kappa shape index (κ2) is 5.63. The van der Waals surface area contributed by atoms with E-state index in [0.717, 1.165) is 5.57 Å². The monoisotopic (exact) mass is 298 g/mol. The molecule has 2 N–H and O–H groups in total. The van der Waals surface area contributed by atoms with Crippen molar-refractivity contribution in [2.45, 2.75) is 31.7 Å². The predicted molar refractivity (Wildman–Crippen MR) is 76.2 cm³/mol. The molecule has 1 aliphatic heterocycles. The topological polar surface area (TPSA) is 63.4 Å². The van der Waals surface area contributed by atoms with Crippen LogP contribution < -0.4 is 5.73 Å². The van der Waals surface area contributed by atoms with Gasteiger partial charge in [0.1, 0.15) is 5.82 Å². The molecular formula is C14H19FN2O2S. The van der Waals surface area contributed by atoms with E-state index in [-0.39, 0.29) is 17.0 Å². The van der Waals surface area contributed by atoms with Crippen LogP contribution in [0.3, 0.4) is 0 Å². The summed E-state index contributed by atoms with van der Waals surface area (Å²) in [6.45, 7) is 4.28. The van der Waals surface area contributed by atoms with E-state index in [1.54, 1.807) is 6.92 Å². The highest BCUT2D eigenvalue weighted by molar-refractivity contribution is 7.89. The van der Waals surface area contributed by atoms with Gasteiger partial charge in [0.05, 0.1) is 4.90 Å². The highest BCUT2D eigenvalue weighted by Crippen LogP contribution is 2.24. The Morgan fingerprint density at radius 2 is 2.05 bits per heavy atom. The lowest BCUT2D eigenvalue weighted by Crippen LogP contribution is -2.35. The molecule has 6 heteroatoms. The van der Waals surface area contributed by atoms with Crippen molar-refractivity contribution in [1.29, 1.82) is 0 Å². The van der Waals surface area contributed by atoms with Crippen molar-refractivity contribution in [2.24, 2.45) is 5.73 Å². The summed E-state index contributed by atoms with van der Waals surface area (Å²) in [6.07, 6.45) is 2.74. The lowest BCUT2D eigenvalue weighted by molar-refractivity contribution is 0.427. The van der Waals surface area contributed by atoms with Gasteiger partial charge in [0.15, 0.2) is 0 Å². The maximum absolute atomic E-state index is 13.8. The number of aryl methyl sites for hydroxylation is 1. The summed E-state index contributed by atoms with van der Waals surface area (Å²) < 4.78 is 40.4. The van der Waals surface area contributed by atoms with Gasteiger partial charge in [-0.1, -0.05) is 11.6 Å². The third-order valence-corrected chi connectivity index (χ3v) is 5.28. The number of nitrogens with two attached hydrogens (primary N) is 1. The van der Waals surface area contributed by atoms with Crippen molar-refractivity contribution in [2.75, 3.05) is 13.1 Å². The highest BCUT2D eigenvalue weighted by atomic mass is 32.2. The molecule has 4 nitrogen and oxygen atoms in total. The molecule has 0 saturated heterocycles. The van der Waals surface area contributed by atoms with Crippen LogP contribution in [-0.4, -0.2) is 25.8 Å². The van der Waals surface area contributed by atoms with Crippen LogP contribution in [0.1, 0.15) is 24.5 Å². The van der Waals surface area contributed by atoms with Crippen molar-refractivity contribution < 1.29 is 12.8 Å². The standard InChI is InChI=1S/C14H19FN2O2S/c1-10-4-3-5-17(9-10)20(18,19)13-6-11(2)14(15)12(7-13)8-16/h4,6-7H,3,5,8-9,16H2,1-2H3. The van der Waals surface area contributed by atoms with E-state index in [9.17, 15) is 12.8 Å². The Labute approximate surface area is 119 Å². The molecule has 1 heterocycles. The van der Waals surface area contributed by atoms with Crippen LogP contribution in [-0.2, 0) is 16.6 Å². The number of halogens is 1. The molecule has 1 aliphatic rings. The number of sulfonamides is 1. The van der Waals surface area contributed by atoms with E-state index in [1.165, 1.54) is 16.4 Å². The zero-order valence-electron chi connectivity index (χ0n) is 11.7. The SMILES string of the molecule is CC1=CCCN(S(=O)(=O)c2cc(C)c(F)c(CN)c2)C1. The van der Waals surface area contributed by atoms with Crippen molar-refractivity contribution in [3.63, 3.8) is 0 Å². The van der Waals surface area contributed by atoms with Crippen LogP contribution in [0.25, 0.3) is 0 Å². The lowest BCUT2D eigenvalue weighted by Gasteiger charge is -2.25. The summed E-state index contributed by atoms with van der Waals surface area (Å²) in [4.78, 5) is 0.117. The molecule has 0 aliphatic carbocycles. The minimum atomic E-state index is -3.60. The minimum Gasteiger partial charge on any atom is -0.326 e. The largest absolute Gasteiger partial charge is 0.326 e. The Bertz CT molecular complexity index is 653. The van der Waals surface area contributed by atoms with Crippen molar-refractivity contribution in [1.82, 2.24) is 4.31 Å². The molecule has 110 valence electrons. The summed E-state index contributed by atoms with van der Waals surface area (Å²) >= 11 is 0. The third kappa shape index (κ3) is 2.77. The van der Waals surface area contributed by atoms with Gasteiger partial charge in [0.2, 0.25) is 10.0 Å². The first-order chi connectivity index (χ1) is 9.36. The summed E-state index contributed by atoms with van der Waals surface area (Å²) in [5, 5.41) is 0. The molecule has 1 aromatic carbocycles. The molecule has 0 fully saturated rings. The molecule has 0 amide bonds. The van der Waals surface area contributed by atoms with Crippen LogP contribution in [0, 0.1) is 12.7 Å². The van der Waals surface area contributed by atoms with Crippen LogP contribution >= 0.6 is 0 Å². The average molecular weight is 298 g/mol.